The molecule has 9 heteroatoms. The van der Waals surface area contributed by atoms with E-state index in [0.29, 0.717) is 21.3 Å². The molecule has 0 aliphatic carbocycles. The number of nitrogens with zero attached hydrogens (tertiary/aromatic N) is 2. The van der Waals surface area contributed by atoms with E-state index in [2.05, 4.69) is 10.3 Å². The van der Waals surface area contributed by atoms with Crippen LogP contribution in [0.5, 0.6) is 0 Å². The zero-order chi connectivity index (χ0) is 22.7. The Labute approximate surface area is 187 Å². The maximum absolute atomic E-state index is 13.7. The van der Waals surface area contributed by atoms with Crippen molar-refractivity contribution in [2.45, 2.75) is 20.3 Å². The summed E-state index contributed by atoms with van der Waals surface area (Å²) in [5.41, 5.74) is 1.90. The van der Waals surface area contributed by atoms with Crippen LogP contribution in [0.1, 0.15) is 18.1 Å². The Morgan fingerprint density at radius 2 is 1.81 bits per heavy atom. The lowest BCUT2D eigenvalue weighted by Crippen LogP contribution is -2.24. The maximum atomic E-state index is 13.7. The van der Waals surface area contributed by atoms with Gasteiger partial charge in [-0.3, -0.25) is 14.5 Å². The average Bonchev–Trinajstić information content (AvgIpc) is 2.67. The normalized spacial score (nSPS) is 10.6. The highest BCUT2D eigenvalue weighted by Gasteiger charge is 2.18. The first-order valence-corrected chi connectivity index (χ1v) is 9.87. The molecule has 31 heavy (non-hydrogen) atoms. The summed E-state index contributed by atoms with van der Waals surface area (Å²) in [6, 6.07) is 9.36. The number of amides is 2. The first kappa shape index (κ1) is 22.7. The second-order valence-corrected chi connectivity index (χ2v) is 7.61. The molecule has 3 aromatic rings. The molecule has 2 amide bonds. The number of carbonyl (C=O) groups is 2. The molecule has 2 aromatic carbocycles. The molecule has 1 aromatic heterocycles. The molecule has 1 heterocycles. The van der Waals surface area contributed by atoms with Crippen molar-refractivity contribution in [2.24, 2.45) is 0 Å². The van der Waals surface area contributed by atoms with Crippen molar-refractivity contribution in [2.75, 3.05) is 10.2 Å². The first-order valence-electron chi connectivity index (χ1n) is 9.12. The van der Waals surface area contributed by atoms with Crippen molar-refractivity contribution in [1.29, 1.82) is 0 Å². The number of pyridine rings is 1. The second kappa shape index (κ2) is 9.41. The van der Waals surface area contributed by atoms with Crippen LogP contribution in [0.15, 0.2) is 48.7 Å². The number of nitrogens with one attached hydrogen (secondary N) is 1. The van der Waals surface area contributed by atoms with Crippen LogP contribution in [0.4, 0.5) is 26.0 Å². The Kier molecular flexibility index (Phi) is 6.87. The van der Waals surface area contributed by atoms with Crippen LogP contribution < -0.4 is 10.2 Å². The number of halogens is 4. The molecule has 0 fully saturated rings. The van der Waals surface area contributed by atoms with E-state index < -0.39 is 17.5 Å². The molecule has 0 aliphatic heterocycles. The van der Waals surface area contributed by atoms with E-state index >= 15 is 0 Å². The number of aromatic nitrogens is 1. The zero-order valence-corrected chi connectivity index (χ0v) is 18.1. The largest absolute Gasteiger partial charge is 0.326 e. The van der Waals surface area contributed by atoms with Gasteiger partial charge in [-0.25, -0.2) is 13.8 Å². The van der Waals surface area contributed by atoms with Gasteiger partial charge in [-0.05, 0) is 48.4 Å². The van der Waals surface area contributed by atoms with Gasteiger partial charge in [-0.15, -0.1) is 0 Å². The lowest BCUT2D eigenvalue weighted by atomic mass is 10.1. The summed E-state index contributed by atoms with van der Waals surface area (Å²) in [4.78, 5) is 29.9. The highest BCUT2D eigenvalue weighted by molar-refractivity contribution is 6.35. The fraction of sp³-hybridized carbons (Fsp3) is 0.136. The fourth-order valence-corrected chi connectivity index (χ4v) is 3.70. The quantitative estimate of drug-likeness (QED) is 0.516. The average molecular weight is 464 g/mol. The number of carbonyl (C=O) groups excluding carboxylic acids is 2. The van der Waals surface area contributed by atoms with Crippen molar-refractivity contribution in [1.82, 2.24) is 4.98 Å². The van der Waals surface area contributed by atoms with Gasteiger partial charge in [0.2, 0.25) is 11.8 Å². The van der Waals surface area contributed by atoms with E-state index in [4.69, 9.17) is 23.2 Å². The smallest absolute Gasteiger partial charge is 0.229 e. The summed E-state index contributed by atoms with van der Waals surface area (Å²) in [6.45, 7) is 3.07. The molecule has 0 unspecified atom stereocenters. The molecular weight excluding hydrogens is 447 g/mol. The lowest BCUT2D eigenvalue weighted by molar-refractivity contribution is -0.116. The van der Waals surface area contributed by atoms with E-state index in [-0.39, 0.29) is 23.8 Å². The monoisotopic (exact) mass is 463 g/mol. The molecular formula is C22H17Cl2F2N3O2. The third kappa shape index (κ3) is 5.37. The van der Waals surface area contributed by atoms with Gasteiger partial charge in [0.15, 0.2) is 11.6 Å². The predicted octanol–water partition coefficient (Wildman–Crippen LogP) is 5.84. The standard InChI is InChI=1S/C22H17Cl2F2N3O2/c1-12-7-14(23)8-18(24)17(12)11-22(31)28-15-5-6-27-21(9-15)29(13(2)30)16-3-4-19(25)20(26)10-16/h3-10H,11H2,1-2H3,(H,27,28,31). The highest BCUT2D eigenvalue weighted by Crippen LogP contribution is 2.28. The Morgan fingerprint density at radius 3 is 2.45 bits per heavy atom. The van der Waals surface area contributed by atoms with Crippen LogP contribution in [-0.2, 0) is 16.0 Å². The Balaban J connectivity index is 1.84. The topological polar surface area (TPSA) is 62.3 Å². The van der Waals surface area contributed by atoms with Gasteiger partial charge in [0, 0.05) is 41.0 Å². The van der Waals surface area contributed by atoms with Crippen LogP contribution in [-0.4, -0.2) is 16.8 Å². The molecule has 0 aliphatic rings. The molecule has 0 atom stereocenters. The molecule has 1 N–H and O–H groups in total. The van der Waals surface area contributed by atoms with Gasteiger partial charge in [0.1, 0.15) is 5.82 Å². The van der Waals surface area contributed by atoms with Gasteiger partial charge in [-0.2, -0.15) is 0 Å². The summed E-state index contributed by atoms with van der Waals surface area (Å²) >= 11 is 12.2. The summed E-state index contributed by atoms with van der Waals surface area (Å²) in [6.07, 6.45) is 1.40. The maximum Gasteiger partial charge on any atom is 0.229 e. The van der Waals surface area contributed by atoms with Crippen molar-refractivity contribution in [3.63, 3.8) is 0 Å². The third-order valence-corrected chi connectivity index (χ3v) is 5.01. The number of benzene rings is 2. The molecule has 3 rings (SSSR count). The zero-order valence-electron chi connectivity index (χ0n) is 16.5. The molecule has 0 saturated carbocycles. The van der Waals surface area contributed by atoms with E-state index in [0.717, 1.165) is 22.6 Å². The Hall–Kier alpha value is -3.03. The molecule has 0 radical (unpaired) electrons. The van der Waals surface area contributed by atoms with E-state index in [9.17, 15) is 18.4 Å². The van der Waals surface area contributed by atoms with Crippen molar-refractivity contribution in [3.05, 3.63) is 81.5 Å². The SMILES string of the molecule is CC(=O)N(c1ccc(F)c(F)c1)c1cc(NC(=O)Cc2c(C)cc(Cl)cc2Cl)ccn1. The fourth-order valence-electron chi connectivity index (χ4n) is 3.04. The molecule has 0 saturated heterocycles. The minimum Gasteiger partial charge on any atom is -0.326 e. The van der Waals surface area contributed by atoms with Gasteiger partial charge >= 0.3 is 0 Å². The lowest BCUT2D eigenvalue weighted by Gasteiger charge is -2.21. The van der Waals surface area contributed by atoms with E-state index in [1.54, 1.807) is 25.1 Å². The second-order valence-electron chi connectivity index (χ2n) is 6.76. The third-order valence-electron chi connectivity index (χ3n) is 4.46. The molecule has 0 bridgehead atoms. The minimum absolute atomic E-state index is 0.0130. The van der Waals surface area contributed by atoms with Crippen molar-refractivity contribution < 1.29 is 18.4 Å². The van der Waals surface area contributed by atoms with Crippen molar-refractivity contribution >= 4 is 52.2 Å². The van der Waals surface area contributed by atoms with Crippen LogP contribution in [0.25, 0.3) is 0 Å². The van der Waals surface area contributed by atoms with E-state index in [1.165, 1.54) is 25.3 Å². The summed E-state index contributed by atoms with van der Waals surface area (Å²) in [5.74, 6) is -2.80. The Morgan fingerprint density at radius 1 is 1.06 bits per heavy atom. The van der Waals surface area contributed by atoms with Crippen LogP contribution >= 0.6 is 23.2 Å². The Bertz CT molecular complexity index is 1150. The van der Waals surface area contributed by atoms with E-state index in [1.807, 2.05) is 0 Å². The predicted molar refractivity (Wildman–Crippen MR) is 117 cm³/mol. The van der Waals surface area contributed by atoms with Crippen LogP contribution in [0.2, 0.25) is 10.0 Å². The van der Waals surface area contributed by atoms with Crippen molar-refractivity contribution in [3.8, 4) is 0 Å². The number of anilines is 3. The molecule has 160 valence electrons. The van der Waals surface area contributed by atoms with Crippen LogP contribution in [0, 0.1) is 18.6 Å². The summed E-state index contributed by atoms with van der Waals surface area (Å²) in [7, 11) is 0. The summed E-state index contributed by atoms with van der Waals surface area (Å²) in [5, 5.41) is 3.59. The van der Waals surface area contributed by atoms with Gasteiger partial charge in [-0.1, -0.05) is 23.2 Å². The molecule has 0 spiro atoms. The first-order chi connectivity index (χ1) is 14.7. The van der Waals surface area contributed by atoms with Crippen LogP contribution in [0.3, 0.4) is 0 Å². The number of hydrogen-bond donors (Lipinski definition) is 1. The number of aryl methyl sites for hydroxylation is 1. The van der Waals surface area contributed by atoms with Gasteiger partial charge in [0.05, 0.1) is 12.1 Å². The summed E-state index contributed by atoms with van der Waals surface area (Å²) < 4.78 is 26.9. The number of hydrogen-bond acceptors (Lipinski definition) is 3. The number of rotatable bonds is 5. The van der Waals surface area contributed by atoms with Gasteiger partial charge < -0.3 is 5.32 Å². The highest BCUT2D eigenvalue weighted by atomic mass is 35.5. The minimum atomic E-state index is -1.09. The van der Waals surface area contributed by atoms with Gasteiger partial charge in [0.25, 0.3) is 0 Å². The molecule has 5 nitrogen and oxygen atoms in total.